The van der Waals surface area contributed by atoms with E-state index in [0.29, 0.717) is 18.0 Å². The third kappa shape index (κ3) is 2.85. The number of aromatic nitrogens is 2. The average molecular weight is 296 g/mol. The summed E-state index contributed by atoms with van der Waals surface area (Å²) in [6.45, 7) is 2.26. The summed E-state index contributed by atoms with van der Waals surface area (Å²) in [6.07, 6.45) is 1.35. The van der Waals surface area contributed by atoms with Crippen molar-refractivity contribution in [3.8, 4) is 5.75 Å². The SMILES string of the molecule is CCOc1ccccc1NS(=O)(=O)c1cn(C)nc1N. The van der Waals surface area contributed by atoms with Crippen LogP contribution in [0.5, 0.6) is 5.75 Å². The maximum atomic E-state index is 12.3. The highest BCUT2D eigenvalue weighted by Gasteiger charge is 2.22. The van der Waals surface area contributed by atoms with Crippen molar-refractivity contribution in [2.75, 3.05) is 17.1 Å². The van der Waals surface area contributed by atoms with Gasteiger partial charge in [0.25, 0.3) is 10.0 Å². The van der Waals surface area contributed by atoms with Crippen molar-refractivity contribution in [1.29, 1.82) is 0 Å². The minimum absolute atomic E-state index is 0.0473. The van der Waals surface area contributed by atoms with Crippen molar-refractivity contribution < 1.29 is 13.2 Å². The smallest absolute Gasteiger partial charge is 0.267 e. The zero-order chi connectivity index (χ0) is 14.8. The van der Waals surface area contributed by atoms with E-state index >= 15 is 0 Å². The summed E-state index contributed by atoms with van der Waals surface area (Å²) in [4.78, 5) is -0.0636. The van der Waals surface area contributed by atoms with Crippen LogP contribution in [0.3, 0.4) is 0 Å². The molecule has 1 aromatic heterocycles. The first-order valence-corrected chi connectivity index (χ1v) is 7.46. The number of rotatable bonds is 5. The van der Waals surface area contributed by atoms with Gasteiger partial charge in [0.2, 0.25) is 0 Å². The second-order valence-electron chi connectivity index (χ2n) is 4.09. The highest BCUT2D eigenvalue weighted by Crippen LogP contribution is 2.27. The quantitative estimate of drug-likeness (QED) is 0.863. The van der Waals surface area contributed by atoms with Crippen molar-refractivity contribution in [3.05, 3.63) is 30.5 Å². The summed E-state index contributed by atoms with van der Waals surface area (Å²) in [7, 11) is -2.20. The molecule has 0 bridgehead atoms. The third-order valence-electron chi connectivity index (χ3n) is 2.54. The Hall–Kier alpha value is -2.22. The zero-order valence-electron chi connectivity index (χ0n) is 11.2. The van der Waals surface area contributed by atoms with Gasteiger partial charge in [0.05, 0.1) is 12.3 Å². The van der Waals surface area contributed by atoms with Crippen molar-refractivity contribution >= 4 is 21.5 Å². The van der Waals surface area contributed by atoms with E-state index in [1.54, 1.807) is 31.3 Å². The topological polar surface area (TPSA) is 99.2 Å². The van der Waals surface area contributed by atoms with Crippen LogP contribution in [-0.4, -0.2) is 24.8 Å². The number of hydrogen-bond acceptors (Lipinski definition) is 5. The second kappa shape index (κ2) is 5.41. The molecule has 0 amide bonds. The number of para-hydroxylation sites is 2. The largest absolute Gasteiger partial charge is 0.492 e. The number of nitrogens with zero attached hydrogens (tertiary/aromatic N) is 2. The standard InChI is InChI=1S/C12H16N4O3S/c1-3-19-10-7-5-4-6-9(10)15-20(17,18)11-8-16(2)14-12(11)13/h4-8,15H,3H2,1-2H3,(H2,13,14). The van der Waals surface area contributed by atoms with Crippen LogP contribution in [0.4, 0.5) is 11.5 Å². The van der Waals surface area contributed by atoms with Gasteiger partial charge >= 0.3 is 0 Å². The normalized spacial score (nSPS) is 11.3. The molecule has 8 heteroatoms. The average Bonchev–Trinajstić information content (AvgIpc) is 2.72. The highest BCUT2D eigenvalue weighted by molar-refractivity contribution is 7.92. The van der Waals surface area contributed by atoms with Gasteiger partial charge in [-0.05, 0) is 19.1 Å². The van der Waals surface area contributed by atoms with Crippen molar-refractivity contribution in [2.24, 2.45) is 7.05 Å². The molecule has 0 aliphatic rings. The summed E-state index contributed by atoms with van der Waals surface area (Å²) >= 11 is 0. The number of aryl methyl sites for hydroxylation is 1. The molecule has 108 valence electrons. The van der Waals surface area contributed by atoms with E-state index in [-0.39, 0.29) is 10.7 Å². The van der Waals surface area contributed by atoms with Crippen molar-refractivity contribution in [2.45, 2.75) is 11.8 Å². The molecule has 7 nitrogen and oxygen atoms in total. The first-order chi connectivity index (χ1) is 9.44. The molecule has 0 radical (unpaired) electrons. The molecule has 1 aromatic carbocycles. The number of benzene rings is 1. The van der Waals surface area contributed by atoms with E-state index in [0.717, 1.165) is 0 Å². The number of hydrogen-bond donors (Lipinski definition) is 2. The fraction of sp³-hybridized carbons (Fsp3) is 0.250. The number of nitrogens with one attached hydrogen (secondary N) is 1. The van der Waals surface area contributed by atoms with Gasteiger partial charge in [-0.2, -0.15) is 5.10 Å². The number of nitrogen functional groups attached to an aromatic ring is 1. The Morgan fingerprint density at radius 1 is 1.40 bits per heavy atom. The van der Waals surface area contributed by atoms with Crippen LogP contribution in [0.15, 0.2) is 35.4 Å². The van der Waals surface area contributed by atoms with Crippen LogP contribution in [-0.2, 0) is 17.1 Å². The molecule has 0 atom stereocenters. The summed E-state index contributed by atoms with van der Waals surface area (Å²) in [5.41, 5.74) is 5.95. The fourth-order valence-corrected chi connectivity index (χ4v) is 2.90. The van der Waals surface area contributed by atoms with E-state index < -0.39 is 10.0 Å². The first kappa shape index (κ1) is 14.2. The zero-order valence-corrected chi connectivity index (χ0v) is 12.0. The number of anilines is 2. The highest BCUT2D eigenvalue weighted by atomic mass is 32.2. The van der Waals surface area contributed by atoms with Crippen LogP contribution < -0.4 is 15.2 Å². The molecular weight excluding hydrogens is 280 g/mol. The lowest BCUT2D eigenvalue weighted by Crippen LogP contribution is -2.14. The van der Waals surface area contributed by atoms with E-state index in [4.69, 9.17) is 10.5 Å². The second-order valence-corrected chi connectivity index (χ2v) is 5.74. The predicted octanol–water partition coefficient (Wildman–Crippen LogP) is 1.20. The van der Waals surface area contributed by atoms with Crippen LogP contribution in [0.25, 0.3) is 0 Å². The summed E-state index contributed by atoms with van der Waals surface area (Å²) in [5, 5.41) is 3.82. The van der Waals surface area contributed by atoms with Crippen LogP contribution >= 0.6 is 0 Å². The first-order valence-electron chi connectivity index (χ1n) is 5.98. The molecule has 0 saturated heterocycles. The predicted molar refractivity (Wildman–Crippen MR) is 76.0 cm³/mol. The Balaban J connectivity index is 2.36. The van der Waals surface area contributed by atoms with E-state index in [1.807, 2.05) is 6.92 Å². The monoisotopic (exact) mass is 296 g/mol. The molecule has 2 rings (SSSR count). The molecule has 0 aliphatic carbocycles. The van der Waals surface area contributed by atoms with E-state index in [2.05, 4.69) is 9.82 Å². The van der Waals surface area contributed by atoms with Crippen molar-refractivity contribution in [1.82, 2.24) is 9.78 Å². The van der Waals surface area contributed by atoms with Gasteiger partial charge in [0, 0.05) is 13.2 Å². The van der Waals surface area contributed by atoms with Gasteiger partial charge in [-0.25, -0.2) is 8.42 Å². The minimum atomic E-state index is -3.80. The molecule has 0 fully saturated rings. The Kier molecular flexibility index (Phi) is 3.84. The maximum absolute atomic E-state index is 12.3. The summed E-state index contributed by atoms with van der Waals surface area (Å²) < 4.78 is 33.8. The lowest BCUT2D eigenvalue weighted by atomic mass is 10.3. The van der Waals surface area contributed by atoms with Gasteiger partial charge in [0.15, 0.2) is 5.82 Å². The molecule has 0 spiro atoms. The Morgan fingerprint density at radius 3 is 2.70 bits per heavy atom. The summed E-state index contributed by atoms with van der Waals surface area (Å²) in [6, 6.07) is 6.79. The summed E-state index contributed by atoms with van der Waals surface area (Å²) in [5.74, 6) is 0.412. The Labute approximate surface area is 117 Å². The number of sulfonamides is 1. The van der Waals surface area contributed by atoms with E-state index in [9.17, 15) is 8.42 Å². The van der Waals surface area contributed by atoms with Crippen LogP contribution in [0, 0.1) is 0 Å². The fourth-order valence-electron chi connectivity index (χ4n) is 1.72. The third-order valence-corrected chi connectivity index (χ3v) is 3.92. The lowest BCUT2D eigenvalue weighted by molar-refractivity contribution is 0.342. The molecule has 20 heavy (non-hydrogen) atoms. The molecule has 1 heterocycles. The van der Waals surface area contributed by atoms with Gasteiger partial charge < -0.3 is 10.5 Å². The number of ether oxygens (including phenoxy) is 1. The van der Waals surface area contributed by atoms with Crippen LogP contribution in [0.1, 0.15) is 6.92 Å². The minimum Gasteiger partial charge on any atom is -0.492 e. The molecule has 0 aliphatic heterocycles. The van der Waals surface area contributed by atoms with Gasteiger partial charge in [0.1, 0.15) is 10.6 Å². The maximum Gasteiger partial charge on any atom is 0.267 e. The molecule has 0 saturated carbocycles. The number of nitrogens with two attached hydrogens (primary N) is 1. The Bertz CT molecular complexity index is 709. The lowest BCUT2D eigenvalue weighted by Gasteiger charge is -2.11. The van der Waals surface area contributed by atoms with Crippen molar-refractivity contribution in [3.63, 3.8) is 0 Å². The molecular formula is C12H16N4O3S. The van der Waals surface area contributed by atoms with Crippen LogP contribution in [0.2, 0.25) is 0 Å². The van der Waals surface area contributed by atoms with Gasteiger partial charge in [-0.1, -0.05) is 12.1 Å². The van der Waals surface area contributed by atoms with Gasteiger partial charge in [-0.15, -0.1) is 0 Å². The van der Waals surface area contributed by atoms with Gasteiger partial charge in [-0.3, -0.25) is 9.40 Å². The van der Waals surface area contributed by atoms with E-state index in [1.165, 1.54) is 10.9 Å². The Morgan fingerprint density at radius 2 is 2.10 bits per heavy atom. The molecule has 3 N–H and O–H groups in total. The molecule has 2 aromatic rings. The molecule has 0 unspecified atom stereocenters.